The average Bonchev–Trinajstić information content (AvgIpc) is 2.64. The first-order valence-corrected chi connectivity index (χ1v) is 9.25. The number of para-hydroxylation sites is 1. The van der Waals surface area contributed by atoms with Crippen molar-refractivity contribution in [2.24, 2.45) is 11.8 Å². The first-order chi connectivity index (χ1) is 12.1. The summed E-state index contributed by atoms with van der Waals surface area (Å²) in [4.78, 5) is 26.9. The Hall–Kier alpha value is -1.79. The smallest absolute Gasteiger partial charge is 0.321 e. The van der Waals surface area contributed by atoms with Crippen molar-refractivity contribution in [2.75, 3.05) is 31.5 Å². The number of urea groups is 1. The van der Waals surface area contributed by atoms with Gasteiger partial charge in [-0.1, -0.05) is 25.1 Å². The number of carbonyl (C=O) groups excluding carboxylic acids is 2. The molecule has 2 fully saturated rings. The number of anilines is 1. The van der Waals surface area contributed by atoms with Crippen molar-refractivity contribution in [3.05, 3.63) is 30.3 Å². The van der Waals surface area contributed by atoms with E-state index in [-0.39, 0.29) is 36.3 Å². The minimum absolute atomic E-state index is 0. The van der Waals surface area contributed by atoms with Crippen LogP contribution >= 0.6 is 12.4 Å². The highest BCUT2D eigenvalue weighted by Gasteiger charge is 2.31. The van der Waals surface area contributed by atoms with E-state index < -0.39 is 0 Å². The van der Waals surface area contributed by atoms with Gasteiger partial charge in [-0.3, -0.25) is 4.79 Å². The number of nitrogens with zero attached hydrogens (tertiary/aromatic N) is 1. The highest BCUT2D eigenvalue weighted by molar-refractivity contribution is 5.90. The van der Waals surface area contributed by atoms with Crippen LogP contribution in [0.1, 0.15) is 26.2 Å². The summed E-state index contributed by atoms with van der Waals surface area (Å²) in [5.74, 6) is 0.423. The molecule has 3 amide bonds. The number of benzene rings is 1. The highest BCUT2D eigenvalue weighted by Crippen LogP contribution is 2.19. The SMILES string of the molecule is CC1CNCCC1NC(=O)C1CCCN(C(=O)Nc2ccccc2)C1.Cl. The highest BCUT2D eigenvalue weighted by atomic mass is 35.5. The summed E-state index contributed by atoms with van der Waals surface area (Å²) >= 11 is 0. The summed E-state index contributed by atoms with van der Waals surface area (Å²) in [5.41, 5.74) is 0.780. The number of carbonyl (C=O) groups is 2. The van der Waals surface area contributed by atoms with Gasteiger partial charge in [0, 0.05) is 24.8 Å². The Bertz CT molecular complexity index is 598. The molecule has 0 radical (unpaired) electrons. The molecule has 0 aliphatic carbocycles. The van der Waals surface area contributed by atoms with Crippen LogP contribution < -0.4 is 16.0 Å². The summed E-state index contributed by atoms with van der Waals surface area (Å²) in [6, 6.07) is 9.54. The number of hydrogen-bond acceptors (Lipinski definition) is 3. The molecule has 3 unspecified atom stereocenters. The molecular formula is C19H29ClN4O2. The number of nitrogens with one attached hydrogen (secondary N) is 3. The number of hydrogen-bond donors (Lipinski definition) is 3. The predicted octanol–water partition coefficient (Wildman–Crippen LogP) is 2.47. The molecule has 2 aliphatic rings. The molecule has 1 aromatic carbocycles. The lowest BCUT2D eigenvalue weighted by molar-refractivity contribution is -0.127. The molecule has 0 spiro atoms. The Kier molecular flexibility index (Phi) is 7.72. The van der Waals surface area contributed by atoms with Crippen LogP contribution in [-0.2, 0) is 4.79 Å². The number of piperidine rings is 2. The lowest BCUT2D eigenvalue weighted by Gasteiger charge is -2.35. The number of rotatable bonds is 3. The van der Waals surface area contributed by atoms with E-state index in [1.165, 1.54) is 0 Å². The van der Waals surface area contributed by atoms with Crippen LogP contribution in [0, 0.1) is 11.8 Å². The summed E-state index contributed by atoms with van der Waals surface area (Å²) in [7, 11) is 0. The van der Waals surface area contributed by atoms with Gasteiger partial charge in [0.1, 0.15) is 0 Å². The third kappa shape index (κ3) is 5.35. The molecule has 1 aromatic rings. The zero-order valence-electron chi connectivity index (χ0n) is 15.2. The van der Waals surface area contributed by atoms with E-state index >= 15 is 0 Å². The summed E-state index contributed by atoms with van der Waals surface area (Å²) in [6.07, 6.45) is 2.68. The third-order valence-electron chi connectivity index (χ3n) is 5.22. The van der Waals surface area contributed by atoms with E-state index in [1.54, 1.807) is 4.90 Å². The summed E-state index contributed by atoms with van der Waals surface area (Å²) in [5, 5.41) is 9.47. The lowest BCUT2D eigenvalue weighted by atomic mass is 9.92. The quantitative estimate of drug-likeness (QED) is 0.754. The molecule has 6 nitrogen and oxygen atoms in total. The van der Waals surface area contributed by atoms with Gasteiger partial charge in [-0.15, -0.1) is 12.4 Å². The number of halogens is 1. The molecule has 3 atom stereocenters. The van der Waals surface area contributed by atoms with Gasteiger partial charge in [0.25, 0.3) is 0 Å². The van der Waals surface area contributed by atoms with E-state index in [0.29, 0.717) is 19.0 Å². The average molecular weight is 381 g/mol. The molecule has 7 heteroatoms. The van der Waals surface area contributed by atoms with Crippen LogP contribution in [0.15, 0.2) is 30.3 Å². The maximum atomic E-state index is 12.6. The van der Waals surface area contributed by atoms with Crippen molar-refractivity contribution in [1.82, 2.24) is 15.5 Å². The van der Waals surface area contributed by atoms with Gasteiger partial charge in [0.2, 0.25) is 5.91 Å². The summed E-state index contributed by atoms with van der Waals surface area (Å²) in [6.45, 7) is 5.25. The predicted molar refractivity (Wildman–Crippen MR) is 106 cm³/mol. The van der Waals surface area contributed by atoms with Gasteiger partial charge in [0.15, 0.2) is 0 Å². The largest absolute Gasteiger partial charge is 0.353 e. The lowest BCUT2D eigenvalue weighted by Crippen LogP contribution is -2.52. The topological polar surface area (TPSA) is 73.5 Å². The molecule has 0 bridgehead atoms. The molecule has 2 heterocycles. The molecule has 3 N–H and O–H groups in total. The van der Waals surface area contributed by atoms with Crippen LogP contribution in [0.3, 0.4) is 0 Å². The fraction of sp³-hybridized carbons (Fsp3) is 0.579. The Morgan fingerprint density at radius 1 is 1.19 bits per heavy atom. The molecular weight excluding hydrogens is 352 g/mol. The maximum Gasteiger partial charge on any atom is 0.321 e. The Morgan fingerprint density at radius 2 is 1.96 bits per heavy atom. The molecule has 2 saturated heterocycles. The van der Waals surface area contributed by atoms with Crippen LogP contribution in [0.4, 0.5) is 10.5 Å². The van der Waals surface area contributed by atoms with Crippen LogP contribution in [0.25, 0.3) is 0 Å². The van der Waals surface area contributed by atoms with Gasteiger partial charge < -0.3 is 20.9 Å². The summed E-state index contributed by atoms with van der Waals surface area (Å²) < 4.78 is 0. The van der Waals surface area contributed by atoms with E-state index in [9.17, 15) is 9.59 Å². The van der Waals surface area contributed by atoms with E-state index in [1.807, 2.05) is 30.3 Å². The van der Waals surface area contributed by atoms with Gasteiger partial charge in [0.05, 0.1) is 5.92 Å². The van der Waals surface area contributed by atoms with Crippen molar-refractivity contribution in [2.45, 2.75) is 32.2 Å². The number of likely N-dealkylation sites (tertiary alicyclic amines) is 1. The molecule has 0 saturated carbocycles. The van der Waals surface area contributed by atoms with E-state index in [0.717, 1.165) is 38.0 Å². The van der Waals surface area contributed by atoms with Crippen molar-refractivity contribution in [3.63, 3.8) is 0 Å². The van der Waals surface area contributed by atoms with Gasteiger partial charge in [-0.05, 0) is 50.4 Å². The molecule has 2 aliphatic heterocycles. The van der Waals surface area contributed by atoms with Crippen molar-refractivity contribution < 1.29 is 9.59 Å². The zero-order valence-corrected chi connectivity index (χ0v) is 16.1. The van der Waals surface area contributed by atoms with Gasteiger partial charge in [-0.25, -0.2) is 4.79 Å². The van der Waals surface area contributed by atoms with Crippen LogP contribution in [0.5, 0.6) is 0 Å². The van der Waals surface area contributed by atoms with E-state index in [4.69, 9.17) is 0 Å². The molecule has 26 heavy (non-hydrogen) atoms. The first-order valence-electron chi connectivity index (χ1n) is 9.25. The van der Waals surface area contributed by atoms with Crippen LogP contribution in [0.2, 0.25) is 0 Å². The Morgan fingerprint density at radius 3 is 2.69 bits per heavy atom. The standard InChI is InChI=1S/C19H28N4O2.ClH/c1-14-12-20-10-9-17(14)22-18(24)15-6-5-11-23(13-15)19(25)21-16-7-3-2-4-8-16;/h2-4,7-8,14-15,17,20H,5-6,9-13H2,1H3,(H,21,25)(H,22,24);1H. The minimum Gasteiger partial charge on any atom is -0.353 e. The fourth-order valence-corrected chi connectivity index (χ4v) is 3.63. The first kappa shape index (κ1) is 20.5. The van der Waals surface area contributed by atoms with Crippen molar-refractivity contribution in [1.29, 1.82) is 0 Å². The van der Waals surface area contributed by atoms with Gasteiger partial charge in [-0.2, -0.15) is 0 Å². The molecule has 144 valence electrons. The monoisotopic (exact) mass is 380 g/mol. The maximum absolute atomic E-state index is 12.6. The zero-order chi connectivity index (χ0) is 17.6. The normalized spacial score (nSPS) is 25.7. The van der Waals surface area contributed by atoms with E-state index in [2.05, 4.69) is 22.9 Å². The second-order valence-corrected chi connectivity index (χ2v) is 7.17. The van der Waals surface area contributed by atoms with Crippen molar-refractivity contribution >= 4 is 30.0 Å². The molecule has 0 aromatic heterocycles. The van der Waals surface area contributed by atoms with Gasteiger partial charge >= 0.3 is 6.03 Å². The van der Waals surface area contributed by atoms with Crippen LogP contribution in [-0.4, -0.2) is 49.1 Å². The third-order valence-corrected chi connectivity index (χ3v) is 5.22. The second-order valence-electron chi connectivity index (χ2n) is 7.17. The molecule has 3 rings (SSSR count). The minimum atomic E-state index is -0.126. The van der Waals surface area contributed by atoms with Crippen molar-refractivity contribution in [3.8, 4) is 0 Å². The number of amides is 3. The fourth-order valence-electron chi connectivity index (χ4n) is 3.63. The Labute approximate surface area is 161 Å². The Balaban J connectivity index is 0.00000243. The second kappa shape index (κ2) is 9.78.